The van der Waals surface area contributed by atoms with Crippen LogP contribution in [-0.4, -0.2) is 9.97 Å². The Morgan fingerprint density at radius 1 is 1.06 bits per heavy atom. The summed E-state index contributed by atoms with van der Waals surface area (Å²) >= 11 is 5.70. The smallest absolute Gasteiger partial charge is 0.223 e. The predicted molar refractivity (Wildman–Crippen MR) is 66.6 cm³/mol. The van der Waals surface area contributed by atoms with Gasteiger partial charge in [0.2, 0.25) is 5.28 Å². The van der Waals surface area contributed by atoms with Crippen molar-refractivity contribution in [3.63, 3.8) is 0 Å². The summed E-state index contributed by atoms with van der Waals surface area (Å²) in [5, 5.41) is 0.0547. The lowest BCUT2D eigenvalue weighted by Crippen LogP contribution is -1.96. The Labute approximate surface area is 104 Å². The topological polar surface area (TPSA) is 25.8 Å². The van der Waals surface area contributed by atoms with Crippen molar-refractivity contribution < 1.29 is 4.39 Å². The van der Waals surface area contributed by atoms with E-state index >= 15 is 0 Å². The van der Waals surface area contributed by atoms with Gasteiger partial charge < -0.3 is 0 Å². The molecule has 0 spiro atoms. The molecular formula is C13H12ClFN2. The van der Waals surface area contributed by atoms with Crippen LogP contribution >= 0.6 is 11.6 Å². The molecule has 0 radical (unpaired) electrons. The summed E-state index contributed by atoms with van der Waals surface area (Å²) in [6, 6.07) is 3.94. The minimum atomic E-state index is -0.458. The highest BCUT2D eigenvalue weighted by Crippen LogP contribution is 2.27. The van der Waals surface area contributed by atoms with Gasteiger partial charge in [0.25, 0.3) is 0 Å². The third-order valence-corrected chi connectivity index (χ3v) is 2.99. The van der Waals surface area contributed by atoms with E-state index in [1.165, 1.54) is 5.56 Å². The Morgan fingerprint density at radius 2 is 1.71 bits per heavy atom. The summed E-state index contributed by atoms with van der Waals surface area (Å²) in [5.74, 6) is -0.458. The molecule has 2 rings (SSSR count). The van der Waals surface area contributed by atoms with Gasteiger partial charge in [-0.1, -0.05) is 6.07 Å². The molecule has 0 amide bonds. The van der Waals surface area contributed by atoms with Crippen molar-refractivity contribution in [2.24, 2.45) is 0 Å². The first-order chi connectivity index (χ1) is 7.99. The summed E-state index contributed by atoms with van der Waals surface area (Å²) < 4.78 is 13.7. The number of halogens is 2. The maximum absolute atomic E-state index is 13.7. The molecular weight excluding hydrogens is 239 g/mol. The molecule has 0 aliphatic heterocycles. The molecule has 2 aromatic rings. The molecule has 0 saturated heterocycles. The van der Waals surface area contributed by atoms with Crippen molar-refractivity contribution in [3.8, 4) is 11.3 Å². The molecule has 0 fully saturated rings. The van der Waals surface area contributed by atoms with Crippen LogP contribution in [0.1, 0.15) is 16.7 Å². The van der Waals surface area contributed by atoms with Gasteiger partial charge in [0.05, 0.1) is 6.20 Å². The zero-order valence-electron chi connectivity index (χ0n) is 9.88. The number of aromatic nitrogens is 2. The predicted octanol–water partition coefficient (Wildman–Crippen LogP) is 3.86. The standard InChI is InChI=1S/C13H12ClFN2/c1-7-4-9(3)10(5-8(7)2)12-11(15)6-16-13(14)17-12/h4-6H,1-3H3. The van der Waals surface area contributed by atoms with Crippen LogP contribution < -0.4 is 0 Å². The minimum Gasteiger partial charge on any atom is -0.223 e. The van der Waals surface area contributed by atoms with Gasteiger partial charge in [-0.2, -0.15) is 0 Å². The number of hydrogen-bond donors (Lipinski definition) is 0. The lowest BCUT2D eigenvalue weighted by Gasteiger charge is -2.10. The molecule has 2 nitrogen and oxygen atoms in total. The number of rotatable bonds is 1. The van der Waals surface area contributed by atoms with E-state index in [1.807, 2.05) is 32.9 Å². The lowest BCUT2D eigenvalue weighted by molar-refractivity contribution is 0.618. The molecule has 1 aromatic heterocycles. The summed E-state index contributed by atoms with van der Waals surface area (Å²) in [6.45, 7) is 5.94. The molecule has 0 N–H and O–H groups in total. The second kappa shape index (κ2) is 4.41. The van der Waals surface area contributed by atoms with E-state index < -0.39 is 5.82 Å². The summed E-state index contributed by atoms with van der Waals surface area (Å²) in [6.07, 6.45) is 1.10. The van der Waals surface area contributed by atoms with E-state index in [0.29, 0.717) is 0 Å². The van der Waals surface area contributed by atoms with Crippen LogP contribution in [0.15, 0.2) is 18.3 Å². The highest BCUT2D eigenvalue weighted by atomic mass is 35.5. The average molecular weight is 251 g/mol. The highest BCUT2D eigenvalue weighted by molar-refractivity contribution is 6.28. The quantitative estimate of drug-likeness (QED) is 0.718. The van der Waals surface area contributed by atoms with Gasteiger partial charge in [-0.05, 0) is 55.1 Å². The van der Waals surface area contributed by atoms with Crippen molar-refractivity contribution in [3.05, 3.63) is 46.1 Å². The van der Waals surface area contributed by atoms with Crippen LogP contribution in [0.2, 0.25) is 5.28 Å². The Hall–Kier alpha value is -1.48. The number of aryl methyl sites for hydroxylation is 3. The van der Waals surface area contributed by atoms with Gasteiger partial charge in [0.1, 0.15) is 5.69 Å². The van der Waals surface area contributed by atoms with E-state index in [1.54, 1.807) is 0 Å². The van der Waals surface area contributed by atoms with Crippen LogP contribution in [0.25, 0.3) is 11.3 Å². The first kappa shape index (κ1) is 12.0. The van der Waals surface area contributed by atoms with E-state index in [-0.39, 0.29) is 11.0 Å². The maximum Gasteiger partial charge on any atom is 0.223 e. The number of nitrogens with zero attached hydrogens (tertiary/aromatic N) is 2. The van der Waals surface area contributed by atoms with Crippen LogP contribution in [0.4, 0.5) is 4.39 Å². The molecule has 0 aliphatic carbocycles. The van der Waals surface area contributed by atoms with Gasteiger partial charge in [-0.25, -0.2) is 14.4 Å². The van der Waals surface area contributed by atoms with E-state index in [2.05, 4.69) is 9.97 Å². The van der Waals surface area contributed by atoms with Gasteiger partial charge in [-0.15, -0.1) is 0 Å². The van der Waals surface area contributed by atoms with Crippen molar-refractivity contribution in [2.45, 2.75) is 20.8 Å². The first-order valence-electron chi connectivity index (χ1n) is 5.25. The Balaban J connectivity index is 2.68. The van der Waals surface area contributed by atoms with E-state index in [9.17, 15) is 4.39 Å². The van der Waals surface area contributed by atoms with Crippen molar-refractivity contribution in [1.82, 2.24) is 9.97 Å². The van der Waals surface area contributed by atoms with E-state index in [0.717, 1.165) is 22.9 Å². The Kier molecular flexibility index (Phi) is 3.11. The molecule has 88 valence electrons. The normalized spacial score (nSPS) is 10.6. The first-order valence-corrected chi connectivity index (χ1v) is 5.63. The maximum atomic E-state index is 13.7. The zero-order valence-corrected chi connectivity index (χ0v) is 10.6. The van der Waals surface area contributed by atoms with Crippen molar-refractivity contribution in [1.29, 1.82) is 0 Å². The Bertz CT molecular complexity index is 582. The average Bonchev–Trinajstić information content (AvgIpc) is 2.27. The molecule has 0 saturated carbocycles. The fourth-order valence-electron chi connectivity index (χ4n) is 1.75. The highest BCUT2D eigenvalue weighted by Gasteiger charge is 2.12. The summed E-state index contributed by atoms with van der Waals surface area (Å²) in [4.78, 5) is 7.57. The molecule has 1 aromatic carbocycles. The fourth-order valence-corrected chi connectivity index (χ4v) is 1.88. The van der Waals surface area contributed by atoms with Crippen molar-refractivity contribution in [2.75, 3.05) is 0 Å². The summed E-state index contributed by atoms with van der Waals surface area (Å²) in [5.41, 5.74) is 4.26. The SMILES string of the molecule is Cc1cc(C)c(-c2nc(Cl)ncc2F)cc1C. The molecule has 4 heteroatoms. The molecule has 0 bridgehead atoms. The second-order valence-corrected chi connectivity index (χ2v) is 4.43. The van der Waals surface area contributed by atoms with E-state index in [4.69, 9.17) is 11.6 Å². The van der Waals surface area contributed by atoms with Gasteiger partial charge in [-0.3, -0.25) is 0 Å². The lowest BCUT2D eigenvalue weighted by atomic mass is 9.98. The van der Waals surface area contributed by atoms with Crippen LogP contribution in [0.3, 0.4) is 0 Å². The molecule has 0 unspecified atom stereocenters. The third-order valence-electron chi connectivity index (χ3n) is 2.81. The second-order valence-electron chi connectivity index (χ2n) is 4.09. The molecule has 0 atom stereocenters. The van der Waals surface area contributed by atoms with Crippen LogP contribution in [0.5, 0.6) is 0 Å². The van der Waals surface area contributed by atoms with Gasteiger partial charge >= 0.3 is 0 Å². The molecule has 1 heterocycles. The zero-order chi connectivity index (χ0) is 12.6. The van der Waals surface area contributed by atoms with Gasteiger partial charge in [0.15, 0.2) is 5.82 Å². The monoisotopic (exact) mass is 250 g/mol. The number of hydrogen-bond acceptors (Lipinski definition) is 2. The fraction of sp³-hybridized carbons (Fsp3) is 0.231. The Morgan fingerprint density at radius 3 is 2.41 bits per heavy atom. The molecule has 0 aliphatic rings. The van der Waals surface area contributed by atoms with Crippen LogP contribution in [0, 0.1) is 26.6 Å². The van der Waals surface area contributed by atoms with Gasteiger partial charge in [0, 0.05) is 5.56 Å². The largest absolute Gasteiger partial charge is 0.223 e. The number of benzene rings is 1. The summed E-state index contributed by atoms with van der Waals surface area (Å²) in [7, 11) is 0. The minimum absolute atomic E-state index is 0.0547. The van der Waals surface area contributed by atoms with Crippen LogP contribution in [-0.2, 0) is 0 Å². The molecule has 17 heavy (non-hydrogen) atoms. The van der Waals surface area contributed by atoms with Crippen molar-refractivity contribution >= 4 is 11.6 Å². The third kappa shape index (κ3) is 2.29.